The average Bonchev–Trinajstić information content (AvgIpc) is 2.34. The van der Waals surface area contributed by atoms with Crippen LogP contribution >= 0.6 is 45.2 Å². The molecule has 0 amide bonds. The Kier molecular flexibility index (Phi) is 8.86. The number of halogens is 2. The van der Waals surface area contributed by atoms with Gasteiger partial charge in [-0.25, -0.2) is 0 Å². The molecule has 1 nitrogen and oxygen atoms in total. The quantitative estimate of drug-likeness (QED) is 0.432. The summed E-state index contributed by atoms with van der Waals surface area (Å²) >= 11 is 4.92. The second kappa shape index (κ2) is 9.65. The van der Waals surface area contributed by atoms with Crippen molar-refractivity contribution in [3.63, 3.8) is 0 Å². The second-order valence-electron chi connectivity index (χ2n) is 3.85. The molecular weight excluding hydrogens is 424 g/mol. The Hall–Kier alpha value is 0.640. The number of hydrogen-bond donors (Lipinski definition) is 0. The normalized spacial score (nSPS) is 10.9. The van der Waals surface area contributed by atoms with Gasteiger partial charge in [0.1, 0.15) is 0 Å². The maximum atomic E-state index is 2.58. The molecule has 1 rings (SSSR count). The molecule has 0 radical (unpaired) electrons. The van der Waals surface area contributed by atoms with E-state index in [1.165, 1.54) is 40.3 Å². The lowest BCUT2D eigenvalue weighted by atomic mass is 10.2. The molecule has 0 bridgehead atoms. The Morgan fingerprint density at radius 1 is 0.875 bits per heavy atom. The lowest BCUT2D eigenvalue weighted by Crippen LogP contribution is -2.26. The molecule has 0 aliphatic heterocycles. The molecule has 1 aromatic carbocycles. The highest BCUT2D eigenvalue weighted by molar-refractivity contribution is 14.1. The number of nitrogens with zero attached hydrogens (tertiary/aromatic N) is 1. The van der Waals surface area contributed by atoms with E-state index in [9.17, 15) is 0 Å². The van der Waals surface area contributed by atoms with E-state index >= 15 is 0 Å². The minimum atomic E-state index is 1.11. The van der Waals surface area contributed by atoms with Crippen LogP contribution in [0.5, 0.6) is 0 Å². The first kappa shape index (κ1) is 14.7. The minimum absolute atomic E-state index is 1.11. The Bertz CT molecular complexity index is 256. The van der Waals surface area contributed by atoms with Crippen LogP contribution in [0.2, 0.25) is 0 Å². The summed E-state index contributed by atoms with van der Waals surface area (Å²) in [6.07, 6.45) is 2.60. The van der Waals surface area contributed by atoms with E-state index in [0.717, 1.165) is 6.54 Å². The highest BCUT2D eigenvalue weighted by atomic mass is 127. The van der Waals surface area contributed by atoms with Crippen LogP contribution < -0.4 is 0 Å². The second-order valence-corrected chi connectivity index (χ2v) is 6.00. The van der Waals surface area contributed by atoms with Crippen LogP contribution in [0.1, 0.15) is 18.4 Å². The van der Waals surface area contributed by atoms with Crippen LogP contribution in [-0.4, -0.2) is 26.8 Å². The van der Waals surface area contributed by atoms with Crippen molar-refractivity contribution >= 4 is 45.2 Å². The third-order valence-corrected chi connectivity index (χ3v) is 3.99. The molecule has 0 fully saturated rings. The van der Waals surface area contributed by atoms with Gasteiger partial charge >= 0.3 is 0 Å². The van der Waals surface area contributed by atoms with Crippen molar-refractivity contribution in [1.29, 1.82) is 0 Å². The zero-order valence-electron chi connectivity index (χ0n) is 9.54. The van der Waals surface area contributed by atoms with E-state index in [4.69, 9.17) is 0 Å². The Morgan fingerprint density at radius 2 is 1.44 bits per heavy atom. The van der Waals surface area contributed by atoms with Crippen LogP contribution in [0.4, 0.5) is 0 Å². The molecule has 0 atom stereocenters. The molecule has 0 saturated carbocycles. The van der Waals surface area contributed by atoms with Crippen LogP contribution in [0.15, 0.2) is 30.3 Å². The molecule has 0 unspecified atom stereocenters. The van der Waals surface area contributed by atoms with Gasteiger partial charge in [-0.1, -0.05) is 75.5 Å². The molecule has 0 aliphatic rings. The van der Waals surface area contributed by atoms with Gasteiger partial charge in [0.15, 0.2) is 0 Å². The topological polar surface area (TPSA) is 3.24 Å². The summed E-state index contributed by atoms with van der Waals surface area (Å²) < 4.78 is 2.51. The van der Waals surface area contributed by atoms with Gasteiger partial charge in [0.25, 0.3) is 0 Å². The van der Waals surface area contributed by atoms with Gasteiger partial charge in [-0.05, 0) is 31.5 Å². The minimum Gasteiger partial charge on any atom is -0.299 e. The first-order valence-electron chi connectivity index (χ1n) is 5.75. The third kappa shape index (κ3) is 6.39. The largest absolute Gasteiger partial charge is 0.299 e. The van der Waals surface area contributed by atoms with Crippen molar-refractivity contribution in [2.75, 3.05) is 21.9 Å². The highest BCUT2D eigenvalue weighted by Crippen LogP contribution is 2.07. The maximum absolute atomic E-state index is 2.58. The van der Waals surface area contributed by atoms with E-state index in [1.807, 2.05) is 0 Å². The number of hydrogen-bond acceptors (Lipinski definition) is 1. The van der Waals surface area contributed by atoms with E-state index in [0.29, 0.717) is 0 Å². The van der Waals surface area contributed by atoms with Gasteiger partial charge in [0.2, 0.25) is 0 Å². The fourth-order valence-electron chi connectivity index (χ4n) is 1.68. The molecule has 16 heavy (non-hydrogen) atoms. The molecule has 0 aliphatic carbocycles. The summed E-state index contributed by atoms with van der Waals surface area (Å²) in [6.45, 7) is 3.57. The summed E-state index contributed by atoms with van der Waals surface area (Å²) in [6, 6.07) is 10.8. The summed E-state index contributed by atoms with van der Waals surface area (Å²) in [4.78, 5) is 2.58. The van der Waals surface area contributed by atoms with E-state index in [2.05, 4.69) is 80.4 Å². The van der Waals surface area contributed by atoms with Crippen molar-refractivity contribution in [3.05, 3.63) is 35.9 Å². The van der Waals surface area contributed by atoms with Crippen molar-refractivity contribution in [2.45, 2.75) is 19.4 Å². The van der Waals surface area contributed by atoms with Gasteiger partial charge in [-0.3, -0.25) is 4.90 Å². The molecule has 3 heteroatoms. The summed E-state index contributed by atoms with van der Waals surface area (Å²) in [5.41, 5.74) is 1.43. The van der Waals surface area contributed by atoms with Gasteiger partial charge in [-0.15, -0.1) is 0 Å². The Morgan fingerprint density at radius 3 is 1.94 bits per heavy atom. The number of rotatable bonds is 8. The third-order valence-electron chi connectivity index (χ3n) is 2.46. The molecule has 0 aromatic heterocycles. The lowest BCUT2D eigenvalue weighted by Gasteiger charge is -2.21. The predicted octanol–water partition coefficient (Wildman–Crippen LogP) is 4.14. The van der Waals surface area contributed by atoms with Crippen LogP contribution in [-0.2, 0) is 6.54 Å². The van der Waals surface area contributed by atoms with E-state index in [-0.39, 0.29) is 0 Å². The SMILES string of the molecule is ICCCN(CCCI)Cc1ccccc1. The summed E-state index contributed by atoms with van der Waals surface area (Å²) in [7, 11) is 0. The van der Waals surface area contributed by atoms with Crippen molar-refractivity contribution in [1.82, 2.24) is 4.90 Å². The van der Waals surface area contributed by atoms with Crippen LogP contribution in [0.25, 0.3) is 0 Å². The lowest BCUT2D eigenvalue weighted by molar-refractivity contribution is 0.269. The predicted molar refractivity (Wildman–Crippen MR) is 88.7 cm³/mol. The Labute approximate surface area is 126 Å². The number of alkyl halides is 2. The van der Waals surface area contributed by atoms with Crippen LogP contribution in [0.3, 0.4) is 0 Å². The van der Waals surface area contributed by atoms with Gasteiger partial charge < -0.3 is 0 Å². The molecule has 90 valence electrons. The monoisotopic (exact) mass is 443 g/mol. The van der Waals surface area contributed by atoms with Crippen LogP contribution in [0, 0.1) is 0 Å². The summed E-state index contributed by atoms with van der Waals surface area (Å²) in [5.74, 6) is 0. The zero-order valence-corrected chi connectivity index (χ0v) is 13.9. The van der Waals surface area contributed by atoms with Gasteiger partial charge in [-0.2, -0.15) is 0 Å². The first-order valence-corrected chi connectivity index (χ1v) is 8.80. The standard InChI is InChI=1S/C13H19I2N/c14-8-4-10-16(11-5-9-15)12-13-6-2-1-3-7-13/h1-3,6-7H,4-5,8-12H2. The van der Waals surface area contributed by atoms with Crippen molar-refractivity contribution < 1.29 is 0 Å². The number of benzene rings is 1. The van der Waals surface area contributed by atoms with Gasteiger partial charge in [0, 0.05) is 15.4 Å². The van der Waals surface area contributed by atoms with Crippen molar-refractivity contribution in [3.8, 4) is 0 Å². The summed E-state index contributed by atoms with van der Waals surface area (Å²) in [5, 5.41) is 0. The fraction of sp³-hybridized carbons (Fsp3) is 0.538. The van der Waals surface area contributed by atoms with E-state index < -0.39 is 0 Å². The smallest absolute Gasteiger partial charge is 0.0233 e. The molecular formula is C13H19I2N. The molecule has 1 aromatic rings. The highest BCUT2D eigenvalue weighted by Gasteiger charge is 2.04. The zero-order chi connectivity index (χ0) is 11.6. The Balaban J connectivity index is 2.42. The molecule has 0 saturated heterocycles. The maximum Gasteiger partial charge on any atom is 0.0233 e. The average molecular weight is 443 g/mol. The fourth-order valence-corrected chi connectivity index (χ4v) is 2.36. The van der Waals surface area contributed by atoms with E-state index in [1.54, 1.807) is 0 Å². The molecule has 0 spiro atoms. The first-order chi connectivity index (χ1) is 7.86. The molecule has 0 N–H and O–H groups in total. The van der Waals surface area contributed by atoms with Crippen molar-refractivity contribution in [2.24, 2.45) is 0 Å². The molecule has 0 heterocycles. The van der Waals surface area contributed by atoms with Gasteiger partial charge in [0.05, 0.1) is 0 Å².